The summed E-state index contributed by atoms with van der Waals surface area (Å²) in [5.74, 6) is 0. The van der Waals surface area contributed by atoms with E-state index in [1.807, 2.05) is 20.8 Å². The molecule has 1 aliphatic rings. The van der Waals surface area contributed by atoms with E-state index in [2.05, 4.69) is 11.0 Å². The van der Waals surface area contributed by atoms with Crippen molar-refractivity contribution in [1.82, 2.24) is 4.90 Å². The number of nitriles is 1. The van der Waals surface area contributed by atoms with Crippen LogP contribution in [0.5, 0.6) is 0 Å². The molecule has 4 heteroatoms. The largest absolute Gasteiger partial charge is 0.374 e. The first kappa shape index (κ1) is 15.4. The SMILES string of the molecule is CC(N)C1CN(CCCCC(C)(C)C#N)CCO1. The quantitative estimate of drug-likeness (QED) is 0.733. The number of hydrogen-bond acceptors (Lipinski definition) is 4. The monoisotopic (exact) mass is 253 g/mol. The molecule has 1 fully saturated rings. The first-order valence-electron chi connectivity index (χ1n) is 6.95. The van der Waals surface area contributed by atoms with Gasteiger partial charge in [-0.25, -0.2) is 0 Å². The van der Waals surface area contributed by atoms with Gasteiger partial charge in [0.15, 0.2) is 0 Å². The molecule has 1 heterocycles. The third kappa shape index (κ3) is 5.34. The van der Waals surface area contributed by atoms with Crippen LogP contribution in [-0.4, -0.2) is 43.3 Å². The van der Waals surface area contributed by atoms with Crippen molar-refractivity contribution in [1.29, 1.82) is 5.26 Å². The summed E-state index contributed by atoms with van der Waals surface area (Å²) in [5.41, 5.74) is 5.69. The topological polar surface area (TPSA) is 62.3 Å². The van der Waals surface area contributed by atoms with Gasteiger partial charge in [0.25, 0.3) is 0 Å². The van der Waals surface area contributed by atoms with Crippen molar-refractivity contribution in [3.05, 3.63) is 0 Å². The molecule has 2 N–H and O–H groups in total. The molecular weight excluding hydrogens is 226 g/mol. The fourth-order valence-electron chi connectivity index (χ4n) is 2.21. The zero-order chi connectivity index (χ0) is 13.6. The van der Waals surface area contributed by atoms with Gasteiger partial charge in [-0.2, -0.15) is 5.26 Å². The summed E-state index contributed by atoms with van der Waals surface area (Å²) in [7, 11) is 0. The van der Waals surface area contributed by atoms with Crippen molar-refractivity contribution in [2.75, 3.05) is 26.2 Å². The molecule has 0 aliphatic carbocycles. The third-order valence-corrected chi connectivity index (χ3v) is 3.59. The number of unbranched alkanes of at least 4 members (excludes halogenated alkanes) is 1. The second kappa shape index (κ2) is 7.08. The van der Waals surface area contributed by atoms with Crippen LogP contribution >= 0.6 is 0 Å². The average Bonchev–Trinajstić information content (AvgIpc) is 2.35. The molecule has 0 bridgehead atoms. The number of rotatable bonds is 6. The molecule has 0 aromatic carbocycles. The molecule has 2 atom stereocenters. The predicted molar refractivity (Wildman–Crippen MR) is 73.1 cm³/mol. The highest BCUT2D eigenvalue weighted by Crippen LogP contribution is 2.21. The van der Waals surface area contributed by atoms with E-state index in [0.717, 1.165) is 45.5 Å². The van der Waals surface area contributed by atoms with Gasteiger partial charge < -0.3 is 10.5 Å². The second-order valence-corrected chi connectivity index (χ2v) is 6.02. The van der Waals surface area contributed by atoms with E-state index in [4.69, 9.17) is 15.7 Å². The minimum atomic E-state index is -0.181. The maximum Gasteiger partial charge on any atom is 0.0850 e. The maximum absolute atomic E-state index is 8.95. The summed E-state index contributed by atoms with van der Waals surface area (Å²) in [5, 5.41) is 8.95. The Hall–Kier alpha value is -0.630. The van der Waals surface area contributed by atoms with E-state index in [-0.39, 0.29) is 17.6 Å². The van der Waals surface area contributed by atoms with Crippen molar-refractivity contribution in [2.45, 2.75) is 52.2 Å². The molecular formula is C14H27N3O. The molecule has 0 spiro atoms. The van der Waals surface area contributed by atoms with Gasteiger partial charge in [0, 0.05) is 19.1 Å². The Morgan fingerprint density at radius 3 is 2.83 bits per heavy atom. The number of nitrogens with two attached hydrogens (primary N) is 1. The van der Waals surface area contributed by atoms with Crippen LogP contribution in [-0.2, 0) is 4.74 Å². The van der Waals surface area contributed by atoms with E-state index in [1.54, 1.807) is 0 Å². The fourth-order valence-corrected chi connectivity index (χ4v) is 2.21. The van der Waals surface area contributed by atoms with Crippen LogP contribution in [0.2, 0.25) is 0 Å². The summed E-state index contributed by atoms with van der Waals surface area (Å²) in [6.45, 7) is 9.85. The van der Waals surface area contributed by atoms with Gasteiger partial charge in [0.1, 0.15) is 0 Å². The van der Waals surface area contributed by atoms with Crippen LogP contribution in [0.25, 0.3) is 0 Å². The Kier molecular flexibility index (Phi) is 6.07. The van der Waals surface area contributed by atoms with Crippen LogP contribution in [0, 0.1) is 16.7 Å². The van der Waals surface area contributed by atoms with E-state index in [9.17, 15) is 0 Å². The van der Waals surface area contributed by atoms with Gasteiger partial charge in [0.05, 0.1) is 24.2 Å². The smallest absolute Gasteiger partial charge is 0.0850 e. The number of ether oxygens (including phenoxy) is 1. The van der Waals surface area contributed by atoms with Gasteiger partial charge >= 0.3 is 0 Å². The number of morpholine rings is 1. The van der Waals surface area contributed by atoms with Gasteiger partial charge in [-0.1, -0.05) is 6.42 Å². The molecule has 104 valence electrons. The lowest BCUT2D eigenvalue weighted by Gasteiger charge is -2.34. The summed E-state index contributed by atoms with van der Waals surface area (Å²) in [4.78, 5) is 2.43. The average molecular weight is 253 g/mol. The van der Waals surface area contributed by atoms with Gasteiger partial charge in [0.2, 0.25) is 0 Å². The highest BCUT2D eigenvalue weighted by Gasteiger charge is 2.23. The van der Waals surface area contributed by atoms with Gasteiger partial charge in [-0.3, -0.25) is 4.90 Å². The fraction of sp³-hybridized carbons (Fsp3) is 0.929. The van der Waals surface area contributed by atoms with Crippen LogP contribution in [0.1, 0.15) is 40.0 Å². The van der Waals surface area contributed by atoms with Crippen LogP contribution in [0.4, 0.5) is 0 Å². The standard InChI is InChI=1S/C14H27N3O/c1-12(16)13-10-17(8-9-18-13)7-5-4-6-14(2,3)11-15/h12-13H,4-10,16H2,1-3H3. The summed E-state index contributed by atoms with van der Waals surface area (Å²) < 4.78 is 5.64. The summed E-state index contributed by atoms with van der Waals surface area (Å²) in [6.07, 6.45) is 3.41. The minimum absolute atomic E-state index is 0.102. The van der Waals surface area contributed by atoms with E-state index >= 15 is 0 Å². The van der Waals surface area contributed by atoms with E-state index in [1.165, 1.54) is 0 Å². The van der Waals surface area contributed by atoms with Crippen molar-refractivity contribution in [2.24, 2.45) is 11.1 Å². The highest BCUT2D eigenvalue weighted by molar-refractivity contribution is 4.91. The van der Waals surface area contributed by atoms with Gasteiger partial charge in [-0.05, 0) is 40.2 Å². The third-order valence-electron chi connectivity index (χ3n) is 3.59. The molecule has 2 unspecified atom stereocenters. The summed E-state index contributed by atoms with van der Waals surface area (Å²) >= 11 is 0. The molecule has 0 radical (unpaired) electrons. The second-order valence-electron chi connectivity index (χ2n) is 6.02. The number of nitrogens with zero attached hydrogens (tertiary/aromatic N) is 2. The maximum atomic E-state index is 8.95. The minimum Gasteiger partial charge on any atom is -0.374 e. The molecule has 18 heavy (non-hydrogen) atoms. The molecule has 0 amide bonds. The van der Waals surface area contributed by atoms with Crippen molar-refractivity contribution >= 4 is 0 Å². The molecule has 4 nitrogen and oxygen atoms in total. The van der Waals surface area contributed by atoms with Crippen molar-refractivity contribution in [3.63, 3.8) is 0 Å². The van der Waals surface area contributed by atoms with Crippen LogP contribution in [0.15, 0.2) is 0 Å². The van der Waals surface area contributed by atoms with E-state index in [0.29, 0.717) is 0 Å². The Morgan fingerprint density at radius 2 is 2.22 bits per heavy atom. The van der Waals surface area contributed by atoms with Gasteiger partial charge in [-0.15, -0.1) is 0 Å². The van der Waals surface area contributed by atoms with Crippen LogP contribution < -0.4 is 5.73 Å². The Labute approximate surface area is 111 Å². The number of hydrogen-bond donors (Lipinski definition) is 1. The molecule has 0 aromatic rings. The first-order chi connectivity index (χ1) is 8.44. The lowest BCUT2D eigenvalue weighted by Crippen LogP contribution is -2.49. The molecule has 1 aliphatic heterocycles. The zero-order valence-corrected chi connectivity index (χ0v) is 12.0. The van der Waals surface area contributed by atoms with Crippen molar-refractivity contribution < 1.29 is 4.74 Å². The lowest BCUT2D eigenvalue weighted by molar-refractivity contribution is -0.0380. The molecule has 1 rings (SSSR count). The van der Waals surface area contributed by atoms with Crippen molar-refractivity contribution in [3.8, 4) is 6.07 Å². The zero-order valence-electron chi connectivity index (χ0n) is 12.0. The first-order valence-corrected chi connectivity index (χ1v) is 6.95. The molecule has 1 saturated heterocycles. The summed E-state index contributed by atoms with van der Waals surface area (Å²) in [6, 6.07) is 2.45. The van der Waals surface area contributed by atoms with E-state index < -0.39 is 0 Å². The molecule has 0 aromatic heterocycles. The lowest BCUT2D eigenvalue weighted by atomic mass is 9.89. The Morgan fingerprint density at radius 1 is 1.50 bits per heavy atom. The molecule has 0 saturated carbocycles. The Bertz CT molecular complexity index is 283. The normalized spacial score (nSPS) is 23.6. The Balaban J connectivity index is 2.18. The highest BCUT2D eigenvalue weighted by atomic mass is 16.5. The predicted octanol–water partition coefficient (Wildman–Crippen LogP) is 1.75. The van der Waals surface area contributed by atoms with Crippen LogP contribution in [0.3, 0.4) is 0 Å².